The van der Waals surface area contributed by atoms with Crippen LogP contribution in [0.5, 0.6) is 0 Å². The quantitative estimate of drug-likeness (QED) is 0.375. The Hall–Kier alpha value is -3.20. The van der Waals surface area contributed by atoms with Gasteiger partial charge in [0.25, 0.3) is 10.0 Å². The molecule has 0 spiro atoms. The zero-order valence-corrected chi connectivity index (χ0v) is 21.6. The lowest BCUT2D eigenvalue weighted by atomic mass is 10.1. The number of halogens is 1. The molecule has 1 amide bonds. The van der Waals surface area contributed by atoms with Gasteiger partial charge in [0.15, 0.2) is 11.0 Å². The lowest BCUT2D eigenvalue weighted by Crippen LogP contribution is -2.25. The molecule has 3 aromatic rings. The maximum atomic E-state index is 12.9. The molecule has 0 bridgehead atoms. The molecule has 0 radical (unpaired) electrons. The molecule has 0 saturated carbocycles. The van der Waals surface area contributed by atoms with Crippen LogP contribution in [0.4, 0.5) is 11.5 Å². The maximum Gasteiger partial charge on any atom is 0.263 e. The Morgan fingerprint density at radius 2 is 1.83 bits per heavy atom. The Bertz CT molecular complexity index is 1340. The minimum absolute atomic E-state index is 0.0120. The molecular formula is C23H23ClN6O3S2. The molecule has 9 nitrogen and oxygen atoms in total. The van der Waals surface area contributed by atoms with E-state index in [-0.39, 0.29) is 27.7 Å². The van der Waals surface area contributed by atoms with E-state index < -0.39 is 15.3 Å². The van der Waals surface area contributed by atoms with Crippen molar-refractivity contribution in [1.29, 1.82) is 5.26 Å². The van der Waals surface area contributed by atoms with Crippen molar-refractivity contribution in [2.24, 2.45) is 0 Å². The number of hydrogen-bond donors (Lipinski definition) is 2. The Morgan fingerprint density at radius 3 is 2.40 bits per heavy atom. The van der Waals surface area contributed by atoms with Crippen molar-refractivity contribution < 1.29 is 13.2 Å². The number of thioether (sulfide) groups is 1. The molecule has 2 heterocycles. The van der Waals surface area contributed by atoms with E-state index in [1.54, 1.807) is 6.07 Å². The lowest BCUT2D eigenvalue weighted by molar-refractivity contribution is -0.115. The number of benzene rings is 1. The van der Waals surface area contributed by atoms with Crippen LogP contribution in [0.2, 0.25) is 5.15 Å². The second-order valence-electron chi connectivity index (χ2n) is 7.73. The molecule has 1 unspecified atom stereocenters. The molecule has 1 atom stereocenters. The Labute approximate surface area is 213 Å². The summed E-state index contributed by atoms with van der Waals surface area (Å²) in [6.45, 7) is 5.89. The summed E-state index contributed by atoms with van der Waals surface area (Å²) in [6.07, 6.45) is 0.507. The third-order valence-corrected chi connectivity index (χ3v) is 7.75. The first-order chi connectivity index (χ1) is 16.6. The Kier molecular flexibility index (Phi) is 8.67. The van der Waals surface area contributed by atoms with Crippen LogP contribution in [0.3, 0.4) is 0 Å². The smallest absolute Gasteiger partial charge is 0.263 e. The number of carbonyl (C=O) groups is 1. The van der Waals surface area contributed by atoms with Crippen LogP contribution in [0.15, 0.2) is 58.5 Å². The van der Waals surface area contributed by atoms with Gasteiger partial charge in [0, 0.05) is 11.4 Å². The van der Waals surface area contributed by atoms with E-state index in [0.717, 1.165) is 5.69 Å². The summed E-state index contributed by atoms with van der Waals surface area (Å²) in [5.41, 5.74) is 1.69. The number of pyridine rings is 1. The van der Waals surface area contributed by atoms with Crippen molar-refractivity contribution in [3.63, 3.8) is 0 Å². The normalized spacial score (nSPS) is 12.1. The summed E-state index contributed by atoms with van der Waals surface area (Å²) in [5.74, 6) is -0.0585. The van der Waals surface area contributed by atoms with Gasteiger partial charge < -0.3 is 5.32 Å². The fraction of sp³-hybridized carbons (Fsp3) is 0.261. The molecule has 12 heteroatoms. The molecule has 0 aliphatic heterocycles. The first kappa shape index (κ1) is 26.4. The number of nitrogens with one attached hydrogen (secondary N) is 2. The number of nitrogens with zero attached hydrogens (tertiary/aromatic N) is 4. The summed E-state index contributed by atoms with van der Waals surface area (Å²) in [7, 11) is -3.90. The number of sulfonamides is 1. The number of nitriles is 1. The van der Waals surface area contributed by atoms with Gasteiger partial charge in [-0.05, 0) is 60.9 Å². The standard InChI is InChI=1S/C23H23ClN6O3S2/c1-4-19(34-23-15(13-25)5-10-18(27-23)14(2)3)22(31)26-16-6-8-17(9-7-16)35(32,33)30-21-12-11-20(24)28-29-21/h5-12,14,19H,4H2,1-3H3,(H,26,31)(H,29,30). The minimum atomic E-state index is -3.90. The molecule has 0 aliphatic carbocycles. The predicted octanol–water partition coefficient (Wildman–Crippen LogP) is 4.83. The average Bonchev–Trinajstić information content (AvgIpc) is 2.83. The summed E-state index contributed by atoms with van der Waals surface area (Å²) in [4.78, 5) is 17.5. The second kappa shape index (κ2) is 11.5. The van der Waals surface area contributed by atoms with Gasteiger partial charge in [-0.15, -0.1) is 10.2 Å². The molecule has 0 saturated heterocycles. The summed E-state index contributed by atoms with van der Waals surface area (Å²) < 4.78 is 27.5. The molecule has 2 N–H and O–H groups in total. The van der Waals surface area contributed by atoms with Gasteiger partial charge in [-0.1, -0.05) is 44.1 Å². The van der Waals surface area contributed by atoms with Crippen LogP contribution >= 0.6 is 23.4 Å². The predicted molar refractivity (Wildman–Crippen MR) is 136 cm³/mol. The van der Waals surface area contributed by atoms with Crippen molar-refractivity contribution in [1.82, 2.24) is 15.2 Å². The van der Waals surface area contributed by atoms with E-state index in [9.17, 15) is 18.5 Å². The molecule has 35 heavy (non-hydrogen) atoms. The minimum Gasteiger partial charge on any atom is -0.325 e. The van der Waals surface area contributed by atoms with Crippen molar-refractivity contribution in [3.8, 4) is 6.07 Å². The van der Waals surface area contributed by atoms with E-state index in [1.165, 1.54) is 48.2 Å². The number of rotatable bonds is 9. The maximum absolute atomic E-state index is 12.9. The number of aromatic nitrogens is 3. The van der Waals surface area contributed by atoms with Gasteiger partial charge in [0.1, 0.15) is 11.1 Å². The van der Waals surface area contributed by atoms with Crippen molar-refractivity contribution in [2.45, 2.75) is 48.3 Å². The van der Waals surface area contributed by atoms with Gasteiger partial charge in [0.05, 0.1) is 15.7 Å². The molecule has 1 aromatic carbocycles. The molecule has 2 aromatic heterocycles. The van der Waals surface area contributed by atoms with Gasteiger partial charge in [0.2, 0.25) is 5.91 Å². The van der Waals surface area contributed by atoms with Gasteiger partial charge in [-0.2, -0.15) is 5.26 Å². The van der Waals surface area contributed by atoms with E-state index in [2.05, 4.69) is 31.3 Å². The fourth-order valence-corrected chi connectivity index (χ4v) is 5.01. The number of amides is 1. The van der Waals surface area contributed by atoms with Gasteiger partial charge in [-0.25, -0.2) is 13.4 Å². The van der Waals surface area contributed by atoms with Crippen LogP contribution in [0.25, 0.3) is 0 Å². The molecule has 182 valence electrons. The van der Waals surface area contributed by atoms with E-state index in [4.69, 9.17) is 11.6 Å². The summed E-state index contributed by atoms with van der Waals surface area (Å²) in [5, 5.41) is 19.7. The van der Waals surface area contributed by atoms with E-state index in [1.807, 2.05) is 26.8 Å². The van der Waals surface area contributed by atoms with Gasteiger partial charge in [-0.3, -0.25) is 9.52 Å². The number of carbonyl (C=O) groups excluding carboxylic acids is 1. The van der Waals surface area contributed by atoms with Gasteiger partial charge >= 0.3 is 0 Å². The molecule has 3 rings (SSSR count). The SMILES string of the molecule is CCC(Sc1nc(C(C)C)ccc1C#N)C(=O)Nc1ccc(S(=O)(=O)Nc2ccc(Cl)nn2)cc1. The molecule has 0 aliphatic rings. The van der Waals surface area contributed by atoms with Crippen LogP contribution in [-0.2, 0) is 14.8 Å². The van der Waals surface area contributed by atoms with E-state index >= 15 is 0 Å². The Balaban J connectivity index is 1.71. The first-order valence-electron chi connectivity index (χ1n) is 10.6. The van der Waals surface area contributed by atoms with Crippen molar-refractivity contribution in [2.75, 3.05) is 10.0 Å². The zero-order chi connectivity index (χ0) is 25.6. The summed E-state index contributed by atoms with van der Waals surface area (Å²) >= 11 is 6.90. The first-order valence-corrected chi connectivity index (χ1v) is 13.4. The average molecular weight is 531 g/mol. The van der Waals surface area contributed by atoms with Crippen molar-refractivity contribution >= 4 is 50.8 Å². The highest BCUT2D eigenvalue weighted by molar-refractivity contribution is 8.00. The second-order valence-corrected chi connectivity index (χ2v) is 11.0. The highest BCUT2D eigenvalue weighted by atomic mass is 35.5. The van der Waals surface area contributed by atoms with Crippen LogP contribution in [0, 0.1) is 11.3 Å². The van der Waals surface area contributed by atoms with Crippen LogP contribution < -0.4 is 10.0 Å². The van der Waals surface area contributed by atoms with Crippen LogP contribution in [-0.4, -0.2) is 34.8 Å². The highest BCUT2D eigenvalue weighted by Crippen LogP contribution is 2.29. The fourth-order valence-electron chi connectivity index (χ4n) is 2.92. The van der Waals surface area contributed by atoms with Crippen molar-refractivity contribution in [3.05, 3.63) is 64.9 Å². The largest absolute Gasteiger partial charge is 0.325 e. The number of hydrogen-bond acceptors (Lipinski definition) is 8. The topological polar surface area (TPSA) is 138 Å². The molecular weight excluding hydrogens is 508 g/mol. The van der Waals surface area contributed by atoms with E-state index in [0.29, 0.717) is 22.7 Å². The van der Waals surface area contributed by atoms with Crippen LogP contribution in [0.1, 0.15) is 44.4 Å². The molecule has 0 fully saturated rings. The summed E-state index contributed by atoms with van der Waals surface area (Å²) in [6, 6.07) is 14.2. The Morgan fingerprint density at radius 1 is 1.11 bits per heavy atom. The lowest BCUT2D eigenvalue weighted by Gasteiger charge is -2.16. The third-order valence-electron chi connectivity index (χ3n) is 4.81. The number of anilines is 2. The zero-order valence-electron chi connectivity index (χ0n) is 19.2. The monoisotopic (exact) mass is 530 g/mol. The highest BCUT2D eigenvalue weighted by Gasteiger charge is 2.22. The third kappa shape index (κ3) is 6.91.